The third kappa shape index (κ3) is 2.16. The number of ether oxygens (including phenoxy) is 1. The lowest BCUT2D eigenvalue weighted by Crippen LogP contribution is -2.26. The Morgan fingerprint density at radius 2 is 2.10 bits per heavy atom. The average Bonchev–Trinajstić information content (AvgIpc) is 2.93. The van der Waals surface area contributed by atoms with Crippen LogP contribution in [0.4, 0.5) is 0 Å². The maximum Gasteiger partial charge on any atom is 0.261 e. The van der Waals surface area contributed by atoms with Crippen molar-refractivity contribution in [2.45, 2.75) is 13.0 Å². The number of hydrogen-bond donors (Lipinski definition) is 0. The van der Waals surface area contributed by atoms with E-state index in [1.165, 1.54) is 6.33 Å². The smallest absolute Gasteiger partial charge is 0.261 e. The van der Waals surface area contributed by atoms with Gasteiger partial charge in [0.15, 0.2) is 5.82 Å². The van der Waals surface area contributed by atoms with Gasteiger partial charge in [0.2, 0.25) is 0 Å². The fraction of sp³-hybridized carbons (Fsp3) is 0.286. The standard InChI is InChI=1S/C14H15N5O2/c1-9(13-17-16-8-18(13)2)19-7-15-12-5-4-10(21-3)6-11(12)14(19)20/h4-9H,1-3H3/t9-/m0/s1. The molecule has 0 aliphatic rings. The lowest BCUT2D eigenvalue weighted by molar-refractivity contribution is 0.415. The lowest BCUT2D eigenvalue weighted by Gasteiger charge is -2.14. The van der Waals surface area contributed by atoms with Gasteiger partial charge in [-0.05, 0) is 25.1 Å². The van der Waals surface area contributed by atoms with Crippen molar-refractivity contribution in [3.8, 4) is 5.75 Å². The first-order chi connectivity index (χ1) is 10.1. The summed E-state index contributed by atoms with van der Waals surface area (Å²) in [6, 6.07) is 5.00. The Balaban J connectivity index is 2.18. The number of nitrogens with zero attached hydrogens (tertiary/aromatic N) is 5. The van der Waals surface area contributed by atoms with E-state index >= 15 is 0 Å². The van der Waals surface area contributed by atoms with Crippen LogP contribution in [-0.2, 0) is 7.05 Å². The number of hydrogen-bond acceptors (Lipinski definition) is 5. The summed E-state index contributed by atoms with van der Waals surface area (Å²) in [7, 11) is 3.41. The van der Waals surface area contributed by atoms with Crippen LogP contribution in [0.15, 0.2) is 35.6 Å². The summed E-state index contributed by atoms with van der Waals surface area (Å²) < 4.78 is 8.50. The van der Waals surface area contributed by atoms with E-state index < -0.39 is 0 Å². The molecule has 0 unspecified atom stereocenters. The van der Waals surface area contributed by atoms with Crippen molar-refractivity contribution < 1.29 is 4.74 Å². The third-order valence-electron chi connectivity index (χ3n) is 3.53. The van der Waals surface area contributed by atoms with E-state index in [2.05, 4.69) is 15.2 Å². The molecular formula is C14H15N5O2. The van der Waals surface area contributed by atoms with E-state index in [0.717, 1.165) is 0 Å². The van der Waals surface area contributed by atoms with E-state index in [-0.39, 0.29) is 11.6 Å². The maximum absolute atomic E-state index is 12.7. The van der Waals surface area contributed by atoms with Gasteiger partial charge in [-0.1, -0.05) is 0 Å². The molecule has 0 saturated heterocycles. The molecule has 3 aromatic rings. The summed E-state index contributed by atoms with van der Waals surface area (Å²) in [5, 5.41) is 8.41. The molecule has 7 nitrogen and oxygen atoms in total. The van der Waals surface area contributed by atoms with Gasteiger partial charge in [-0.25, -0.2) is 4.98 Å². The van der Waals surface area contributed by atoms with Crippen LogP contribution in [0.2, 0.25) is 0 Å². The van der Waals surface area contributed by atoms with Gasteiger partial charge < -0.3 is 9.30 Å². The number of methoxy groups -OCH3 is 1. The third-order valence-corrected chi connectivity index (χ3v) is 3.53. The molecule has 0 bridgehead atoms. The second kappa shape index (κ2) is 5.01. The Bertz CT molecular complexity index is 852. The quantitative estimate of drug-likeness (QED) is 0.721. The van der Waals surface area contributed by atoms with Crippen LogP contribution in [0, 0.1) is 0 Å². The highest BCUT2D eigenvalue weighted by Crippen LogP contribution is 2.18. The Hall–Kier alpha value is -2.70. The first kappa shape index (κ1) is 13.3. The second-order valence-electron chi connectivity index (χ2n) is 4.82. The second-order valence-corrected chi connectivity index (χ2v) is 4.82. The van der Waals surface area contributed by atoms with Gasteiger partial charge in [0.05, 0.1) is 30.4 Å². The van der Waals surface area contributed by atoms with Crippen LogP contribution < -0.4 is 10.3 Å². The largest absolute Gasteiger partial charge is 0.497 e. The summed E-state index contributed by atoms with van der Waals surface area (Å²) in [5.41, 5.74) is 0.511. The SMILES string of the molecule is COc1ccc2ncn([C@@H](C)c3nncn3C)c(=O)c2c1. The van der Waals surface area contributed by atoms with Crippen LogP contribution in [0.5, 0.6) is 5.75 Å². The van der Waals surface area contributed by atoms with Gasteiger partial charge in [0.25, 0.3) is 5.56 Å². The van der Waals surface area contributed by atoms with Gasteiger partial charge >= 0.3 is 0 Å². The zero-order valence-corrected chi connectivity index (χ0v) is 12.0. The predicted octanol–water partition coefficient (Wildman–Crippen LogP) is 1.14. The first-order valence-corrected chi connectivity index (χ1v) is 6.50. The molecule has 1 aromatic carbocycles. The van der Waals surface area contributed by atoms with Crippen LogP contribution in [0.1, 0.15) is 18.8 Å². The highest BCUT2D eigenvalue weighted by atomic mass is 16.5. The number of aryl methyl sites for hydroxylation is 1. The molecule has 0 N–H and O–H groups in total. The van der Waals surface area contributed by atoms with Crippen molar-refractivity contribution in [3.05, 3.63) is 47.0 Å². The lowest BCUT2D eigenvalue weighted by atomic mass is 10.2. The minimum atomic E-state index is -0.256. The molecule has 0 aliphatic carbocycles. The van der Waals surface area contributed by atoms with Crippen molar-refractivity contribution in [3.63, 3.8) is 0 Å². The van der Waals surface area contributed by atoms with Crippen molar-refractivity contribution in [1.82, 2.24) is 24.3 Å². The molecule has 0 amide bonds. The molecule has 1 atom stereocenters. The molecular weight excluding hydrogens is 270 g/mol. The number of aromatic nitrogens is 5. The predicted molar refractivity (Wildman–Crippen MR) is 77.4 cm³/mol. The summed E-state index contributed by atoms with van der Waals surface area (Å²) in [5.74, 6) is 1.33. The molecule has 0 spiro atoms. The zero-order valence-electron chi connectivity index (χ0n) is 12.0. The molecule has 7 heteroatoms. The highest BCUT2D eigenvalue weighted by Gasteiger charge is 2.16. The van der Waals surface area contributed by atoms with E-state index in [4.69, 9.17) is 4.74 Å². The molecule has 0 radical (unpaired) electrons. The van der Waals surface area contributed by atoms with Gasteiger partial charge in [-0.2, -0.15) is 0 Å². The minimum absolute atomic E-state index is 0.130. The minimum Gasteiger partial charge on any atom is -0.497 e. The Morgan fingerprint density at radius 1 is 1.29 bits per heavy atom. The molecule has 0 fully saturated rings. The monoisotopic (exact) mass is 285 g/mol. The summed E-state index contributed by atoms with van der Waals surface area (Å²) >= 11 is 0. The molecule has 3 rings (SSSR count). The number of benzene rings is 1. The van der Waals surface area contributed by atoms with Crippen molar-refractivity contribution >= 4 is 10.9 Å². The van der Waals surface area contributed by atoms with E-state index in [0.29, 0.717) is 22.5 Å². The van der Waals surface area contributed by atoms with Gasteiger partial charge in [0.1, 0.15) is 12.1 Å². The molecule has 21 heavy (non-hydrogen) atoms. The Kier molecular flexibility index (Phi) is 3.17. The fourth-order valence-electron chi connectivity index (χ4n) is 2.31. The topological polar surface area (TPSA) is 74.8 Å². The van der Waals surface area contributed by atoms with Gasteiger partial charge in [-0.3, -0.25) is 9.36 Å². The molecule has 2 heterocycles. The normalized spacial score (nSPS) is 12.5. The Labute approximate surface area is 120 Å². The van der Waals surface area contributed by atoms with Crippen molar-refractivity contribution in [2.75, 3.05) is 7.11 Å². The summed E-state index contributed by atoms with van der Waals surface area (Å²) in [6.45, 7) is 1.89. The number of fused-ring (bicyclic) bond motifs is 1. The van der Waals surface area contributed by atoms with Crippen LogP contribution >= 0.6 is 0 Å². The molecule has 0 saturated carbocycles. The maximum atomic E-state index is 12.7. The summed E-state index contributed by atoms with van der Waals surface area (Å²) in [6.07, 6.45) is 3.14. The number of rotatable bonds is 3. The van der Waals surface area contributed by atoms with Crippen molar-refractivity contribution in [2.24, 2.45) is 7.05 Å². The van der Waals surface area contributed by atoms with E-state index in [1.54, 1.807) is 40.8 Å². The van der Waals surface area contributed by atoms with Gasteiger partial charge in [0, 0.05) is 7.05 Å². The van der Waals surface area contributed by atoms with E-state index in [1.807, 2.05) is 14.0 Å². The average molecular weight is 285 g/mol. The van der Waals surface area contributed by atoms with Crippen molar-refractivity contribution in [1.29, 1.82) is 0 Å². The van der Waals surface area contributed by atoms with Gasteiger partial charge in [-0.15, -0.1) is 10.2 Å². The molecule has 108 valence electrons. The molecule has 0 aliphatic heterocycles. The Morgan fingerprint density at radius 3 is 2.76 bits per heavy atom. The van der Waals surface area contributed by atoms with E-state index in [9.17, 15) is 4.79 Å². The van der Waals surface area contributed by atoms with Crippen LogP contribution in [0.3, 0.4) is 0 Å². The highest BCUT2D eigenvalue weighted by molar-refractivity contribution is 5.78. The fourth-order valence-corrected chi connectivity index (χ4v) is 2.31. The molecule has 2 aromatic heterocycles. The zero-order chi connectivity index (χ0) is 15.0. The first-order valence-electron chi connectivity index (χ1n) is 6.50. The summed E-state index contributed by atoms with van der Waals surface area (Å²) in [4.78, 5) is 17.0. The van der Waals surface area contributed by atoms with Crippen LogP contribution in [0.25, 0.3) is 10.9 Å². The van der Waals surface area contributed by atoms with Crippen LogP contribution in [-0.4, -0.2) is 31.4 Å².